The molecule has 0 radical (unpaired) electrons. The summed E-state index contributed by atoms with van der Waals surface area (Å²) in [4.78, 5) is 83.0. The Labute approximate surface area is 302 Å². The molecule has 15 heteroatoms. The molecule has 1 aliphatic carbocycles. The monoisotopic (exact) mass is 732 g/mol. The number of hydrogen-bond acceptors (Lipinski definition) is 6. The molecular formula is C37H51F3N6O6. The first-order valence-corrected chi connectivity index (χ1v) is 17.4. The quantitative estimate of drug-likeness (QED) is 0.190. The second-order valence-electron chi connectivity index (χ2n) is 16.8. The van der Waals surface area contributed by atoms with Gasteiger partial charge < -0.3 is 31.1 Å². The summed E-state index contributed by atoms with van der Waals surface area (Å²) < 4.78 is 40.7. The predicted molar refractivity (Wildman–Crippen MR) is 186 cm³/mol. The van der Waals surface area contributed by atoms with Crippen LogP contribution in [0.2, 0.25) is 0 Å². The maximum atomic E-state index is 14.4. The van der Waals surface area contributed by atoms with Crippen molar-refractivity contribution in [1.82, 2.24) is 31.1 Å². The maximum Gasteiger partial charge on any atom is 0.391 e. The number of hydrogen-bond donors (Lipinski definition) is 4. The lowest BCUT2D eigenvalue weighted by Gasteiger charge is -2.39. The second kappa shape index (κ2) is 14.5. The molecule has 6 atom stereocenters. The zero-order valence-corrected chi connectivity index (χ0v) is 31.1. The number of likely N-dealkylation sites (tertiary alicyclic amines) is 1. The summed E-state index contributed by atoms with van der Waals surface area (Å²) in [5.41, 5.74) is -0.337. The molecule has 1 unspecified atom stereocenters. The number of nitrogens with zero attached hydrogens (tertiary/aromatic N) is 2. The van der Waals surface area contributed by atoms with Crippen LogP contribution in [0.3, 0.4) is 0 Å². The van der Waals surface area contributed by atoms with Crippen molar-refractivity contribution in [2.45, 2.75) is 98.7 Å². The molecule has 4 N–H and O–H groups in total. The van der Waals surface area contributed by atoms with E-state index in [1.165, 1.54) is 11.0 Å². The van der Waals surface area contributed by atoms with Gasteiger partial charge in [0.05, 0.1) is 12.5 Å². The van der Waals surface area contributed by atoms with Gasteiger partial charge in [0, 0.05) is 31.7 Å². The lowest BCUT2D eigenvalue weighted by atomic mass is 9.85. The Morgan fingerprint density at radius 2 is 1.62 bits per heavy atom. The number of urea groups is 1. The van der Waals surface area contributed by atoms with E-state index in [-0.39, 0.29) is 31.5 Å². The van der Waals surface area contributed by atoms with Crippen molar-refractivity contribution in [2.75, 3.05) is 19.6 Å². The average Bonchev–Trinajstić information content (AvgIpc) is 3.31. The zero-order valence-electron chi connectivity index (χ0n) is 31.1. The summed E-state index contributed by atoms with van der Waals surface area (Å²) in [6.07, 6.45) is -5.44. The highest BCUT2D eigenvalue weighted by atomic mass is 19.4. The second-order valence-corrected chi connectivity index (χ2v) is 16.8. The van der Waals surface area contributed by atoms with E-state index in [0.29, 0.717) is 12.1 Å². The van der Waals surface area contributed by atoms with E-state index >= 15 is 0 Å². The minimum Gasteiger partial charge on any atom is -0.346 e. The van der Waals surface area contributed by atoms with Crippen LogP contribution in [-0.2, 0) is 25.7 Å². The molecule has 52 heavy (non-hydrogen) atoms. The van der Waals surface area contributed by atoms with E-state index in [4.69, 9.17) is 0 Å². The zero-order chi connectivity index (χ0) is 39.1. The number of rotatable bonds is 12. The molecule has 12 nitrogen and oxygen atoms in total. The molecule has 3 aliphatic rings. The molecule has 1 aromatic carbocycles. The lowest BCUT2D eigenvalue weighted by molar-refractivity contribution is -0.155. The minimum atomic E-state index is -4.90. The first-order chi connectivity index (χ1) is 23.9. The number of fused-ring (bicyclic) bond motifs is 2. The fourth-order valence-corrected chi connectivity index (χ4v) is 7.29. The largest absolute Gasteiger partial charge is 0.391 e. The molecule has 1 saturated carbocycles. The normalized spacial score (nSPS) is 22.4. The van der Waals surface area contributed by atoms with Crippen LogP contribution in [0.4, 0.5) is 18.0 Å². The number of carbonyl (C=O) groups excluding carboxylic acids is 6. The van der Waals surface area contributed by atoms with E-state index in [2.05, 4.69) is 27.8 Å². The highest BCUT2D eigenvalue weighted by molar-refractivity contribution is 6.38. The number of piperidine rings is 1. The third-order valence-electron chi connectivity index (χ3n) is 10.5. The third-order valence-corrected chi connectivity index (χ3v) is 10.5. The van der Waals surface area contributed by atoms with Crippen LogP contribution >= 0.6 is 0 Å². The van der Waals surface area contributed by atoms with Gasteiger partial charge in [0.15, 0.2) is 0 Å². The van der Waals surface area contributed by atoms with Crippen LogP contribution in [-0.4, -0.2) is 95.2 Å². The molecule has 2 fully saturated rings. The molecular weight excluding hydrogens is 681 g/mol. The summed E-state index contributed by atoms with van der Waals surface area (Å²) in [6, 6.07) is 1.42. The van der Waals surface area contributed by atoms with Crippen molar-refractivity contribution in [2.24, 2.45) is 28.1 Å². The summed E-state index contributed by atoms with van der Waals surface area (Å²) in [5.74, 6) is -5.15. The van der Waals surface area contributed by atoms with Crippen LogP contribution in [0.5, 0.6) is 0 Å². The van der Waals surface area contributed by atoms with Gasteiger partial charge in [0.2, 0.25) is 17.6 Å². The molecule has 2 aliphatic heterocycles. The van der Waals surface area contributed by atoms with Gasteiger partial charge in [-0.05, 0) is 39.7 Å². The number of Topliss-reactive ketones (excluding diaryl/α,β-unsaturated/α-hetero) is 1. The lowest BCUT2D eigenvalue weighted by Crippen LogP contribution is -2.63. The van der Waals surface area contributed by atoms with Gasteiger partial charge in [-0.25, -0.2) is 4.79 Å². The van der Waals surface area contributed by atoms with Gasteiger partial charge in [0.1, 0.15) is 18.1 Å². The summed E-state index contributed by atoms with van der Waals surface area (Å²) in [7, 11) is 0. The van der Waals surface area contributed by atoms with Crippen LogP contribution in [0, 0.1) is 28.1 Å². The van der Waals surface area contributed by atoms with Crippen LogP contribution in [0.25, 0.3) is 0 Å². The molecule has 4 rings (SSSR count). The number of benzene rings is 1. The number of ketones is 1. The smallest absolute Gasteiger partial charge is 0.346 e. The first kappa shape index (κ1) is 40.3. The Morgan fingerprint density at radius 3 is 2.17 bits per heavy atom. The van der Waals surface area contributed by atoms with E-state index in [1.807, 2.05) is 46.8 Å². The van der Waals surface area contributed by atoms with Crippen molar-refractivity contribution < 1.29 is 41.9 Å². The maximum absolute atomic E-state index is 14.4. The summed E-state index contributed by atoms with van der Waals surface area (Å²) >= 11 is 0. The van der Waals surface area contributed by atoms with Crippen molar-refractivity contribution in [3.05, 3.63) is 48.0 Å². The van der Waals surface area contributed by atoms with E-state index in [0.717, 1.165) is 5.56 Å². The van der Waals surface area contributed by atoms with Crippen molar-refractivity contribution in [1.29, 1.82) is 0 Å². The van der Waals surface area contributed by atoms with Crippen LogP contribution < -0.4 is 21.3 Å². The molecule has 0 bridgehead atoms. The van der Waals surface area contributed by atoms with E-state index in [9.17, 15) is 41.9 Å². The Bertz CT molecular complexity index is 1610. The first-order valence-electron chi connectivity index (χ1n) is 17.4. The topological polar surface area (TPSA) is 157 Å². The predicted octanol–water partition coefficient (Wildman–Crippen LogP) is 3.56. The SMILES string of the molecule is C=CCNC(=O)C(=O)C(CC(F)(F)F)NC(=O)[C@@H]1[C@@H]2[C@H](CN1C(=O)[C@@H](NC(=O)N[C@H](CN1Cc3ccccc3C1=O)C(C)(C)C)C(C)(C)C)C2(C)C. The number of carbonyl (C=O) groups is 6. The Balaban J connectivity index is 1.53. The van der Waals surface area contributed by atoms with Gasteiger partial charge >= 0.3 is 12.2 Å². The highest BCUT2D eigenvalue weighted by Crippen LogP contribution is 2.65. The number of alkyl halides is 3. The van der Waals surface area contributed by atoms with Crippen molar-refractivity contribution in [3.8, 4) is 0 Å². The van der Waals surface area contributed by atoms with E-state index < -0.39 is 88.5 Å². The van der Waals surface area contributed by atoms with Crippen LogP contribution in [0.15, 0.2) is 36.9 Å². The molecule has 1 saturated heterocycles. The minimum absolute atomic E-state index is 0.102. The number of halogens is 3. The Kier molecular flexibility index (Phi) is 11.3. The van der Waals surface area contributed by atoms with Crippen molar-refractivity contribution in [3.63, 3.8) is 0 Å². The van der Waals surface area contributed by atoms with Gasteiger partial charge in [0.25, 0.3) is 11.8 Å². The molecule has 2 heterocycles. The fourth-order valence-electron chi connectivity index (χ4n) is 7.29. The van der Waals surface area contributed by atoms with Gasteiger partial charge in [-0.1, -0.05) is 79.7 Å². The standard InChI is InChI=1S/C37H51F3N6O6/c1-10-15-41-30(49)27(47)23(16-37(38,39)40)42-29(48)26-25-22(36(25,8)9)18-46(26)32(51)28(35(5,6)7)44-33(52)43-24(34(2,3)4)19-45-17-20-13-11-12-14-21(20)31(45)50/h10-14,22-26,28H,1,15-19H2,2-9H3,(H,41,49)(H,42,48)(H2,43,44,52)/t22-,23?,24+,25-,26-,28+/m0/s1. The molecule has 1 aromatic rings. The van der Waals surface area contributed by atoms with Crippen molar-refractivity contribution >= 4 is 35.4 Å². The van der Waals surface area contributed by atoms with E-state index in [1.54, 1.807) is 37.8 Å². The molecule has 286 valence electrons. The van der Waals surface area contributed by atoms with Crippen LogP contribution in [0.1, 0.15) is 77.7 Å². The number of amides is 6. The average molecular weight is 733 g/mol. The Morgan fingerprint density at radius 1 is 0.981 bits per heavy atom. The van der Waals surface area contributed by atoms with Gasteiger partial charge in [-0.3, -0.25) is 24.0 Å². The number of nitrogens with one attached hydrogen (secondary N) is 4. The summed E-state index contributed by atoms with van der Waals surface area (Å²) in [5, 5.41) is 10.0. The summed E-state index contributed by atoms with van der Waals surface area (Å²) in [6.45, 7) is 18.6. The molecule has 6 amide bonds. The van der Waals surface area contributed by atoms with Gasteiger partial charge in [-0.15, -0.1) is 6.58 Å². The Hall–Kier alpha value is -4.43. The molecule has 0 aromatic heterocycles. The highest BCUT2D eigenvalue weighted by Gasteiger charge is 2.70. The molecule has 0 spiro atoms. The van der Waals surface area contributed by atoms with Gasteiger partial charge in [-0.2, -0.15) is 13.2 Å². The fraction of sp³-hybridized carbons (Fsp3) is 0.622. The third kappa shape index (κ3) is 8.77.